The lowest BCUT2D eigenvalue weighted by Crippen LogP contribution is -2.40. The summed E-state index contributed by atoms with van der Waals surface area (Å²) in [6.07, 6.45) is 0. The summed E-state index contributed by atoms with van der Waals surface area (Å²) in [5.41, 5.74) is 0. The van der Waals surface area contributed by atoms with Gasteiger partial charge in [-0.15, -0.1) is 0 Å². The minimum Gasteiger partial charge on any atom is -0.355 e. The third kappa shape index (κ3) is 1.38. The van der Waals surface area contributed by atoms with Crippen molar-refractivity contribution in [2.24, 2.45) is 9.98 Å². The van der Waals surface area contributed by atoms with E-state index in [0.717, 1.165) is 13.1 Å². The first-order valence-electron chi connectivity index (χ1n) is 4.76. The highest BCUT2D eigenvalue weighted by atomic mass is 16.1. The van der Waals surface area contributed by atoms with E-state index in [0.29, 0.717) is 24.8 Å². The van der Waals surface area contributed by atoms with Gasteiger partial charge in [-0.05, 0) is 0 Å². The van der Waals surface area contributed by atoms with Crippen LogP contribution in [-0.2, 0) is 4.79 Å². The van der Waals surface area contributed by atoms with Crippen LogP contribution in [0.1, 0.15) is 0 Å². The van der Waals surface area contributed by atoms with Crippen LogP contribution < -0.4 is 0 Å². The van der Waals surface area contributed by atoms with Gasteiger partial charge in [0.1, 0.15) is 0 Å². The molecule has 0 bridgehead atoms. The number of rotatable bonds is 2. The molecule has 2 heterocycles. The number of likely N-dealkylation sites (N-methyl/N-ethyl adjacent to an activating group) is 2. The highest BCUT2D eigenvalue weighted by Gasteiger charge is 2.28. The number of Topliss-reactive ketones (excluding diaryl/α,β-unsaturated/α-hetero) is 1. The van der Waals surface area contributed by atoms with Crippen molar-refractivity contribution in [3.63, 3.8) is 0 Å². The normalized spacial score (nSPS) is 21.3. The zero-order valence-corrected chi connectivity index (χ0v) is 8.53. The van der Waals surface area contributed by atoms with E-state index in [1.807, 2.05) is 23.9 Å². The van der Waals surface area contributed by atoms with Crippen molar-refractivity contribution in [2.45, 2.75) is 0 Å². The predicted octanol–water partition coefficient (Wildman–Crippen LogP) is -0.757. The summed E-state index contributed by atoms with van der Waals surface area (Å²) in [4.78, 5) is 24.1. The van der Waals surface area contributed by atoms with Crippen LogP contribution in [0.15, 0.2) is 9.98 Å². The monoisotopic (exact) mass is 194 g/mol. The smallest absolute Gasteiger partial charge is 0.262 e. The zero-order chi connectivity index (χ0) is 10.1. The summed E-state index contributed by atoms with van der Waals surface area (Å²) < 4.78 is 0. The molecule has 5 heteroatoms. The van der Waals surface area contributed by atoms with E-state index < -0.39 is 0 Å². The molecule has 0 aromatic carbocycles. The molecule has 0 aliphatic carbocycles. The topological polar surface area (TPSA) is 48.3 Å². The van der Waals surface area contributed by atoms with Crippen LogP contribution in [0.5, 0.6) is 0 Å². The van der Waals surface area contributed by atoms with Crippen molar-refractivity contribution in [1.82, 2.24) is 9.80 Å². The first kappa shape index (κ1) is 9.18. The Morgan fingerprint density at radius 2 is 1.50 bits per heavy atom. The van der Waals surface area contributed by atoms with Crippen LogP contribution in [0, 0.1) is 0 Å². The molecule has 14 heavy (non-hydrogen) atoms. The van der Waals surface area contributed by atoms with Crippen LogP contribution >= 0.6 is 0 Å². The van der Waals surface area contributed by atoms with Gasteiger partial charge in [0.05, 0.1) is 13.1 Å². The quantitative estimate of drug-likeness (QED) is 0.580. The molecule has 0 spiro atoms. The van der Waals surface area contributed by atoms with Crippen LogP contribution in [0.3, 0.4) is 0 Å². The van der Waals surface area contributed by atoms with Crippen molar-refractivity contribution >= 4 is 17.5 Å². The second kappa shape index (κ2) is 3.40. The summed E-state index contributed by atoms with van der Waals surface area (Å²) in [6, 6.07) is 0. The average Bonchev–Trinajstić information content (AvgIpc) is 2.73. The molecule has 0 radical (unpaired) electrons. The Bertz CT molecular complexity index is 291. The molecule has 2 aliphatic heterocycles. The number of hydrogen-bond acceptors (Lipinski definition) is 5. The number of aliphatic imine (C=N–C) groups is 2. The van der Waals surface area contributed by atoms with Crippen LogP contribution in [-0.4, -0.2) is 67.5 Å². The van der Waals surface area contributed by atoms with Crippen molar-refractivity contribution in [1.29, 1.82) is 0 Å². The van der Waals surface area contributed by atoms with Gasteiger partial charge in [-0.1, -0.05) is 0 Å². The molecule has 0 N–H and O–H groups in total. The van der Waals surface area contributed by atoms with E-state index in [-0.39, 0.29) is 5.78 Å². The molecule has 0 fully saturated rings. The Balaban J connectivity index is 2.16. The fraction of sp³-hybridized carbons (Fsp3) is 0.667. The lowest BCUT2D eigenvalue weighted by atomic mass is 10.3. The van der Waals surface area contributed by atoms with Crippen molar-refractivity contribution < 1.29 is 4.79 Å². The van der Waals surface area contributed by atoms with Crippen molar-refractivity contribution in [2.75, 3.05) is 40.3 Å². The van der Waals surface area contributed by atoms with Crippen LogP contribution in [0.2, 0.25) is 0 Å². The Morgan fingerprint density at radius 3 is 1.79 bits per heavy atom. The fourth-order valence-corrected chi connectivity index (χ4v) is 1.66. The highest BCUT2D eigenvalue weighted by molar-refractivity contribution is 6.65. The highest BCUT2D eigenvalue weighted by Crippen LogP contribution is 2.05. The van der Waals surface area contributed by atoms with Gasteiger partial charge in [0, 0.05) is 27.2 Å². The van der Waals surface area contributed by atoms with E-state index in [2.05, 4.69) is 9.98 Å². The van der Waals surface area contributed by atoms with Gasteiger partial charge in [0.15, 0.2) is 11.7 Å². The largest absolute Gasteiger partial charge is 0.355 e. The number of amidine groups is 2. The molecule has 2 aliphatic rings. The summed E-state index contributed by atoms with van der Waals surface area (Å²) in [5, 5.41) is 0. The molecule has 76 valence electrons. The standard InChI is InChI=1S/C9H14N4O/c1-12-5-3-10-8(12)7(14)9-11-4-6-13(9)2/h3-6H2,1-2H3. The predicted molar refractivity (Wildman–Crippen MR) is 54.9 cm³/mol. The minimum atomic E-state index is -0.0370. The van der Waals surface area contributed by atoms with Gasteiger partial charge >= 0.3 is 0 Å². The van der Waals surface area contributed by atoms with E-state index in [1.54, 1.807) is 0 Å². The van der Waals surface area contributed by atoms with E-state index >= 15 is 0 Å². The second-order valence-electron chi connectivity index (χ2n) is 3.58. The molecule has 0 aromatic rings. The SMILES string of the molecule is CN1CCN=C1C(=O)C1=NCCN1C. The Hall–Kier alpha value is -1.39. The molecule has 0 aromatic heterocycles. The molecule has 5 nitrogen and oxygen atoms in total. The van der Waals surface area contributed by atoms with E-state index in [1.165, 1.54) is 0 Å². The number of carbonyl (C=O) groups excluding carboxylic acids is 1. The third-order valence-corrected chi connectivity index (χ3v) is 2.52. The third-order valence-electron chi connectivity index (χ3n) is 2.52. The van der Waals surface area contributed by atoms with Gasteiger partial charge in [-0.2, -0.15) is 0 Å². The first-order chi connectivity index (χ1) is 6.70. The zero-order valence-electron chi connectivity index (χ0n) is 8.53. The number of nitrogens with zero attached hydrogens (tertiary/aromatic N) is 4. The molecular weight excluding hydrogens is 180 g/mol. The second-order valence-corrected chi connectivity index (χ2v) is 3.58. The summed E-state index contributed by atoms with van der Waals surface area (Å²) >= 11 is 0. The van der Waals surface area contributed by atoms with Gasteiger partial charge in [-0.3, -0.25) is 14.8 Å². The average molecular weight is 194 g/mol. The Kier molecular flexibility index (Phi) is 2.23. The molecule has 0 atom stereocenters. The van der Waals surface area contributed by atoms with Crippen LogP contribution in [0.25, 0.3) is 0 Å². The lowest BCUT2D eigenvalue weighted by Gasteiger charge is -2.16. The maximum absolute atomic E-state index is 11.9. The summed E-state index contributed by atoms with van der Waals surface area (Å²) in [5.74, 6) is 1.07. The van der Waals surface area contributed by atoms with E-state index in [9.17, 15) is 4.79 Å². The lowest BCUT2D eigenvalue weighted by molar-refractivity contribution is -0.108. The Morgan fingerprint density at radius 1 is 1.07 bits per heavy atom. The summed E-state index contributed by atoms with van der Waals surface area (Å²) in [7, 11) is 3.78. The van der Waals surface area contributed by atoms with Crippen LogP contribution in [0.4, 0.5) is 0 Å². The fourth-order valence-electron chi connectivity index (χ4n) is 1.66. The molecule has 2 rings (SSSR count). The minimum absolute atomic E-state index is 0.0370. The van der Waals surface area contributed by atoms with Gasteiger partial charge in [0.2, 0.25) is 0 Å². The van der Waals surface area contributed by atoms with Crippen molar-refractivity contribution in [3.05, 3.63) is 0 Å². The Labute approximate surface area is 83.1 Å². The maximum Gasteiger partial charge on any atom is 0.262 e. The summed E-state index contributed by atoms with van der Waals surface area (Å²) in [6.45, 7) is 3.10. The van der Waals surface area contributed by atoms with Gasteiger partial charge in [-0.25, -0.2) is 0 Å². The van der Waals surface area contributed by atoms with Crippen molar-refractivity contribution in [3.8, 4) is 0 Å². The molecule has 0 saturated heterocycles. The maximum atomic E-state index is 11.9. The number of hydrogen-bond donors (Lipinski definition) is 0. The number of ketones is 1. The van der Waals surface area contributed by atoms with Gasteiger partial charge in [0.25, 0.3) is 5.78 Å². The molecule has 0 amide bonds. The first-order valence-corrected chi connectivity index (χ1v) is 4.76. The molecule has 0 saturated carbocycles. The molecular formula is C9H14N4O. The van der Waals surface area contributed by atoms with Gasteiger partial charge < -0.3 is 9.80 Å². The molecule has 0 unspecified atom stereocenters. The van der Waals surface area contributed by atoms with E-state index in [4.69, 9.17) is 0 Å². The number of carbonyl (C=O) groups is 1.